The van der Waals surface area contributed by atoms with Gasteiger partial charge < -0.3 is 14.8 Å². The first-order valence-electron chi connectivity index (χ1n) is 7.24. The van der Waals surface area contributed by atoms with Gasteiger partial charge in [-0.15, -0.1) is 0 Å². The lowest BCUT2D eigenvalue weighted by Crippen LogP contribution is -2.26. The topological polar surface area (TPSA) is 30.5 Å². The second-order valence-electron chi connectivity index (χ2n) is 5.81. The summed E-state index contributed by atoms with van der Waals surface area (Å²) in [6, 6.07) is 6.55. The molecule has 1 aromatic rings. The van der Waals surface area contributed by atoms with Gasteiger partial charge in [0.1, 0.15) is 11.5 Å². The SMILES string of the molecule is COc1ccc(OC)c(C2NCCC23CCCC3)c1. The van der Waals surface area contributed by atoms with Crippen LogP contribution >= 0.6 is 0 Å². The van der Waals surface area contributed by atoms with Crippen LogP contribution in [-0.2, 0) is 0 Å². The van der Waals surface area contributed by atoms with Gasteiger partial charge in [-0.1, -0.05) is 12.8 Å². The van der Waals surface area contributed by atoms with Crippen molar-refractivity contribution >= 4 is 0 Å². The van der Waals surface area contributed by atoms with E-state index in [1.54, 1.807) is 14.2 Å². The van der Waals surface area contributed by atoms with Crippen LogP contribution < -0.4 is 14.8 Å². The molecule has 1 unspecified atom stereocenters. The molecule has 1 aromatic carbocycles. The minimum Gasteiger partial charge on any atom is -0.497 e. The molecule has 3 heteroatoms. The van der Waals surface area contributed by atoms with Gasteiger partial charge in [0.25, 0.3) is 0 Å². The molecule has 0 amide bonds. The van der Waals surface area contributed by atoms with E-state index < -0.39 is 0 Å². The van der Waals surface area contributed by atoms with E-state index in [9.17, 15) is 0 Å². The Morgan fingerprint density at radius 1 is 1.11 bits per heavy atom. The molecule has 1 spiro atoms. The van der Waals surface area contributed by atoms with E-state index in [0.29, 0.717) is 11.5 Å². The Labute approximate surface area is 115 Å². The predicted octanol–water partition coefficient (Wildman–Crippen LogP) is 3.30. The molecule has 2 fully saturated rings. The molecule has 1 heterocycles. The standard InChI is InChI=1S/C16H23NO2/c1-18-12-5-6-14(19-2)13(11-12)15-16(9-10-17-15)7-3-4-8-16/h5-6,11,15,17H,3-4,7-10H2,1-2H3. The van der Waals surface area contributed by atoms with Gasteiger partial charge >= 0.3 is 0 Å². The van der Waals surface area contributed by atoms with Gasteiger partial charge in [-0.25, -0.2) is 0 Å². The van der Waals surface area contributed by atoms with E-state index in [0.717, 1.165) is 18.0 Å². The number of benzene rings is 1. The number of nitrogens with one attached hydrogen (secondary N) is 1. The molecular formula is C16H23NO2. The second-order valence-corrected chi connectivity index (χ2v) is 5.81. The molecule has 19 heavy (non-hydrogen) atoms. The average molecular weight is 261 g/mol. The molecule has 3 rings (SSSR count). The molecule has 1 atom stereocenters. The third kappa shape index (κ3) is 2.10. The molecule has 0 bridgehead atoms. The summed E-state index contributed by atoms with van der Waals surface area (Å²) in [5, 5.41) is 3.70. The Morgan fingerprint density at radius 3 is 2.58 bits per heavy atom. The smallest absolute Gasteiger partial charge is 0.123 e. The molecule has 1 aliphatic carbocycles. The quantitative estimate of drug-likeness (QED) is 0.905. The zero-order valence-electron chi connectivity index (χ0n) is 11.9. The molecule has 1 N–H and O–H groups in total. The third-order valence-electron chi connectivity index (χ3n) is 4.93. The van der Waals surface area contributed by atoms with Crippen LogP contribution in [0.1, 0.15) is 43.7 Å². The fraction of sp³-hybridized carbons (Fsp3) is 0.625. The molecule has 1 aliphatic heterocycles. The molecule has 0 radical (unpaired) electrons. The van der Waals surface area contributed by atoms with Crippen LogP contribution in [0.25, 0.3) is 0 Å². The monoisotopic (exact) mass is 261 g/mol. The van der Waals surface area contributed by atoms with Crippen LogP contribution in [-0.4, -0.2) is 20.8 Å². The summed E-state index contributed by atoms with van der Waals surface area (Å²) >= 11 is 0. The van der Waals surface area contributed by atoms with E-state index >= 15 is 0 Å². The highest BCUT2D eigenvalue weighted by Gasteiger charge is 2.46. The Morgan fingerprint density at radius 2 is 1.89 bits per heavy atom. The summed E-state index contributed by atoms with van der Waals surface area (Å²) in [5.74, 6) is 1.89. The number of ether oxygens (including phenoxy) is 2. The van der Waals surface area contributed by atoms with Gasteiger partial charge in [-0.2, -0.15) is 0 Å². The average Bonchev–Trinajstić information content (AvgIpc) is 3.09. The maximum atomic E-state index is 5.56. The van der Waals surface area contributed by atoms with Gasteiger partial charge in [0, 0.05) is 11.6 Å². The van der Waals surface area contributed by atoms with Gasteiger partial charge in [0.15, 0.2) is 0 Å². The van der Waals surface area contributed by atoms with E-state index in [4.69, 9.17) is 9.47 Å². The summed E-state index contributed by atoms with van der Waals surface area (Å²) < 4.78 is 10.9. The molecule has 0 aromatic heterocycles. The summed E-state index contributed by atoms with van der Waals surface area (Å²) in [5.41, 5.74) is 1.71. The van der Waals surface area contributed by atoms with Crippen molar-refractivity contribution in [3.8, 4) is 11.5 Å². The fourth-order valence-corrected chi connectivity index (χ4v) is 3.95. The van der Waals surface area contributed by atoms with Crippen molar-refractivity contribution < 1.29 is 9.47 Å². The summed E-state index contributed by atoms with van der Waals surface area (Å²) in [7, 11) is 3.47. The van der Waals surface area contributed by atoms with Crippen molar-refractivity contribution in [3.63, 3.8) is 0 Å². The van der Waals surface area contributed by atoms with Gasteiger partial charge in [-0.3, -0.25) is 0 Å². The van der Waals surface area contributed by atoms with Crippen molar-refractivity contribution in [1.82, 2.24) is 5.32 Å². The Hall–Kier alpha value is -1.22. The maximum absolute atomic E-state index is 5.56. The highest BCUT2D eigenvalue weighted by Crippen LogP contribution is 2.54. The van der Waals surface area contributed by atoms with Crippen molar-refractivity contribution in [1.29, 1.82) is 0 Å². The molecule has 2 aliphatic rings. The normalized spacial score (nSPS) is 24.8. The first kappa shape index (κ1) is 12.8. The van der Waals surface area contributed by atoms with Crippen molar-refractivity contribution in [2.75, 3.05) is 20.8 Å². The highest BCUT2D eigenvalue weighted by atomic mass is 16.5. The lowest BCUT2D eigenvalue weighted by molar-refractivity contribution is 0.252. The number of hydrogen-bond donors (Lipinski definition) is 1. The number of hydrogen-bond acceptors (Lipinski definition) is 3. The molecule has 1 saturated carbocycles. The molecule has 104 valence electrons. The molecular weight excluding hydrogens is 238 g/mol. The van der Waals surface area contributed by atoms with Crippen molar-refractivity contribution in [3.05, 3.63) is 23.8 Å². The third-order valence-corrected chi connectivity index (χ3v) is 4.93. The van der Waals surface area contributed by atoms with Gasteiger partial charge in [0.2, 0.25) is 0 Å². The first-order chi connectivity index (χ1) is 9.29. The van der Waals surface area contributed by atoms with Crippen molar-refractivity contribution in [2.45, 2.75) is 38.1 Å². The van der Waals surface area contributed by atoms with Crippen molar-refractivity contribution in [2.24, 2.45) is 5.41 Å². The lowest BCUT2D eigenvalue weighted by atomic mass is 9.76. The minimum absolute atomic E-state index is 0.417. The van der Waals surface area contributed by atoms with Crippen LogP contribution in [0.4, 0.5) is 0 Å². The maximum Gasteiger partial charge on any atom is 0.123 e. The van der Waals surface area contributed by atoms with Crippen LogP contribution in [0, 0.1) is 5.41 Å². The van der Waals surface area contributed by atoms with E-state index in [-0.39, 0.29) is 0 Å². The Bertz CT molecular complexity index is 447. The number of methoxy groups -OCH3 is 2. The lowest BCUT2D eigenvalue weighted by Gasteiger charge is -2.32. The van der Waals surface area contributed by atoms with Gasteiger partial charge in [0.05, 0.1) is 14.2 Å². The zero-order valence-corrected chi connectivity index (χ0v) is 11.9. The zero-order chi connectivity index (χ0) is 13.3. The molecule has 3 nitrogen and oxygen atoms in total. The van der Waals surface area contributed by atoms with E-state index in [1.165, 1.54) is 37.7 Å². The fourth-order valence-electron chi connectivity index (χ4n) is 3.95. The minimum atomic E-state index is 0.417. The largest absolute Gasteiger partial charge is 0.497 e. The second kappa shape index (κ2) is 5.04. The van der Waals surface area contributed by atoms with E-state index in [2.05, 4.69) is 11.4 Å². The van der Waals surface area contributed by atoms with Crippen LogP contribution in [0.15, 0.2) is 18.2 Å². The van der Waals surface area contributed by atoms with Crippen LogP contribution in [0.2, 0.25) is 0 Å². The van der Waals surface area contributed by atoms with Crippen LogP contribution in [0.3, 0.4) is 0 Å². The van der Waals surface area contributed by atoms with Gasteiger partial charge in [-0.05, 0) is 49.4 Å². The summed E-state index contributed by atoms with van der Waals surface area (Å²) in [6.07, 6.45) is 6.70. The first-order valence-corrected chi connectivity index (χ1v) is 7.24. The summed E-state index contributed by atoms with van der Waals surface area (Å²) in [4.78, 5) is 0. The Kier molecular flexibility index (Phi) is 3.40. The highest BCUT2D eigenvalue weighted by molar-refractivity contribution is 5.43. The van der Waals surface area contributed by atoms with Crippen LogP contribution in [0.5, 0.6) is 11.5 Å². The number of rotatable bonds is 3. The summed E-state index contributed by atoms with van der Waals surface area (Å²) in [6.45, 7) is 1.12. The Balaban J connectivity index is 2.00. The van der Waals surface area contributed by atoms with E-state index in [1.807, 2.05) is 12.1 Å². The molecule has 1 saturated heterocycles. The predicted molar refractivity (Wildman–Crippen MR) is 75.8 cm³/mol.